The highest BCUT2D eigenvalue weighted by molar-refractivity contribution is 5.87. The number of amides is 1. The molecule has 0 bridgehead atoms. The van der Waals surface area contributed by atoms with E-state index in [-0.39, 0.29) is 12.0 Å². The molecule has 1 aromatic rings. The van der Waals surface area contributed by atoms with Gasteiger partial charge in [-0.3, -0.25) is 4.79 Å². The van der Waals surface area contributed by atoms with E-state index in [0.29, 0.717) is 13.1 Å². The third-order valence-corrected chi connectivity index (χ3v) is 4.13. The molecule has 0 N–H and O–H groups in total. The van der Waals surface area contributed by atoms with Crippen LogP contribution in [0.3, 0.4) is 0 Å². The summed E-state index contributed by atoms with van der Waals surface area (Å²) in [5.41, 5.74) is 2.29. The first-order valence-corrected chi connectivity index (χ1v) is 8.56. The van der Waals surface area contributed by atoms with Crippen molar-refractivity contribution in [3.8, 4) is 0 Å². The van der Waals surface area contributed by atoms with Crippen LogP contribution in [0.5, 0.6) is 0 Å². The van der Waals surface area contributed by atoms with E-state index < -0.39 is 0 Å². The number of allylic oxidation sites excluding steroid dienone is 3. The van der Waals surface area contributed by atoms with Crippen molar-refractivity contribution in [1.82, 2.24) is 4.90 Å². The van der Waals surface area contributed by atoms with Crippen LogP contribution < -0.4 is 4.90 Å². The highest BCUT2D eigenvalue weighted by Crippen LogP contribution is 2.17. The lowest BCUT2D eigenvalue weighted by Crippen LogP contribution is -2.35. The summed E-state index contributed by atoms with van der Waals surface area (Å²) in [7, 11) is 4.04. The fourth-order valence-corrected chi connectivity index (χ4v) is 2.74. The number of rotatable bonds is 7. The second-order valence-corrected chi connectivity index (χ2v) is 6.30. The highest BCUT2D eigenvalue weighted by atomic mass is 16.5. The average molecular weight is 328 g/mol. The lowest BCUT2D eigenvalue weighted by atomic mass is 10.1. The summed E-state index contributed by atoms with van der Waals surface area (Å²) >= 11 is 0. The summed E-state index contributed by atoms with van der Waals surface area (Å²) in [5, 5.41) is 0. The predicted octanol–water partition coefficient (Wildman–Crippen LogP) is 3.39. The minimum absolute atomic E-state index is 0.0280. The van der Waals surface area contributed by atoms with Crippen LogP contribution in [0.25, 0.3) is 0 Å². The van der Waals surface area contributed by atoms with Crippen LogP contribution in [-0.4, -0.2) is 44.2 Å². The lowest BCUT2D eigenvalue weighted by molar-refractivity contribution is -0.128. The second kappa shape index (κ2) is 9.28. The van der Waals surface area contributed by atoms with Gasteiger partial charge in [0.15, 0.2) is 0 Å². The van der Waals surface area contributed by atoms with Gasteiger partial charge in [-0.2, -0.15) is 0 Å². The van der Waals surface area contributed by atoms with E-state index in [0.717, 1.165) is 30.7 Å². The molecule has 130 valence electrons. The summed E-state index contributed by atoms with van der Waals surface area (Å²) in [5.74, 6) is 0.0280. The van der Waals surface area contributed by atoms with Crippen LogP contribution in [0.1, 0.15) is 25.3 Å². The van der Waals surface area contributed by atoms with Gasteiger partial charge in [-0.15, -0.1) is 0 Å². The van der Waals surface area contributed by atoms with Gasteiger partial charge in [-0.1, -0.05) is 30.4 Å². The van der Waals surface area contributed by atoms with Gasteiger partial charge in [0.2, 0.25) is 5.91 Å². The van der Waals surface area contributed by atoms with Crippen molar-refractivity contribution in [2.45, 2.75) is 32.4 Å². The van der Waals surface area contributed by atoms with Gasteiger partial charge in [-0.05, 0) is 37.5 Å². The van der Waals surface area contributed by atoms with Crippen molar-refractivity contribution in [3.05, 3.63) is 54.1 Å². The van der Waals surface area contributed by atoms with E-state index in [1.165, 1.54) is 0 Å². The monoisotopic (exact) mass is 328 g/mol. The molecule has 2 rings (SSSR count). The number of benzene rings is 1. The van der Waals surface area contributed by atoms with Crippen molar-refractivity contribution in [1.29, 1.82) is 0 Å². The molecule has 1 heterocycles. The predicted molar refractivity (Wildman–Crippen MR) is 99.1 cm³/mol. The number of nitrogens with zero attached hydrogens (tertiary/aromatic N) is 2. The molecule has 1 aliphatic rings. The Kier molecular flexibility index (Phi) is 7.07. The van der Waals surface area contributed by atoms with Crippen LogP contribution in [-0.2, 0) is 16.1 Å². The van der Waals surface area contributed by atoms with Crippen LogP contribution in [0.15, 0.2) is 48.6 Å². The zero-order valence-electron chi connectivity index (χ0n) is 14.9. The van der Waals surface area contributed by atoms with Crippen LogP contribution in [0, 0.1) is 0 Å². The lowest BCUT2D eigenvalue weighted by Gasteiger charge is -2.25. The molecule has 1 aliphatic heterocycles. The van der Waals surface area contributed by atoms with Gasteiger partial charge < -0.3 is 14.5 Å². The number of hydrogen-bond acceptors (Lipinski definition) is 3. The van der Waals surface area contributed by atoms with Gasteiger partial charge in [0, 0.05) is 45.6 Å². The summed E-state index contributed by atoms with van der Waals surface area (Å²) in [6.07, 6.45) is 9.47. The number of ether oxygens (including phenoxy) is 1. The normalized spacial score (nSPS) is 17.7. The van der Waals surface area contributed by atoms with E-state index in [4.69, 9.17) is 4.74 Å². The number of carbonyl (C=O) groups is 1. The summed E-state index contributed by atoms with van der Waals surface area (Å²) in [4.78, 5) is 16.5. The molecule has 1 fully saturated rings. The Hall–Kier alpha value is -2.07. The van der Waals surface area contributed by atoms with Gasteiger partial charge in [-0.25, -0.2) is 0 Å². The largest absolute Gasteiger partial charge is 0.378 e. The molecule has 1 atom stereocenters. The molecule has 4 heteroatoms. The number of hydrogen-bond donors (Lipinski definition) is 0. The third-order valence-electron chi connectivity index (χ3n) is 4.13. The first kappa shape index (κ1) is 18.3. The molecule has 0 radical (unpaired) electrons. The Labute approximate surface area is 145 Å². The fraction of sp³-hybridized carbons (Fsp3) is 0.450. The van der Waals surface area contributed by atoms with Crippen LogP contribution in [0.2, 0.25) is 0 Å². The highest BCUT2D eigenvalue weighted by Gasteiger charge is 2.21. The van der Waals surface area contributed by atoms with E-state index in [1.54, 1.807) is 12.2 Å². The molecule has 0 aromatic heterocycles. The van der Waals surface area contributed by atoms with E-state index >= 15 is 0 Å². The Balaban J connectivity index is 2.07. The van der Waals surface area contributed by atoms with E-state index in [9.17, 15) is 4.79 Å². The standard InChI is InChI=1S/C20H28N2O2/c1-4-5-6-9-20(23)22(16-19-8-7-14-24-19)15-17-10-12-18(13-11-17)21(2)3/h4-6,9-13,19H,7-8,14-16H2,1-3H3/b5-4+,9-6+. The van der Waals surface area contributed by atoms with Crippen molar-refractivity contribution in [2.75, 3.05) is 32.1 Å². The average Bonchev–Trinajstić information content (AvgIpc) is 3.08. The fourth-order valence-electron chi connectivity index (χ4n) is 2.74. The summed E-state index contributed by atoms with van der Waals surface area (Å²) in [6, 6.07) is 8.33. The molecule has 0 saturated carbocycles. The Morgan fingerprint density at radius 3 is 2.58 bits per heavy atom. The Morgan fingerprint density at radius 1 is 1.25 bits per heavy atom. The van der Waals surface area contributed by atoms with Crippen LogP contribution >= 0.6 is 0 Å². The van der Waals surface area contributed by atoms with E-state index in [2.05, 4.69) is 29.2 Å². The van der Waals surface area contributed by atoms with Gasteiger partial charge in [0.25, 0.3) is 0 Å². The van der Waals surface area contributed by atoms with Crippen LogP contribution in [0.4, 0.5) is 5.69 Å². The molecule has 0 spiro atoms. The molecule has 1 unspecified atom stereocenters. The molecule has 0 aliphatic carbocycles. The zero-order chi connectivity index (χ0) is 17.4. The topological polar surface area (TPSA) is 32.8 Å². The molecular weight excluding hydrogens is 300 g/mol. The van der Waals surface area contributed by atoms with Gasteiger partial charge >= 0.3 is 0 Å². The molecule has 24 heavy (non-hydrogen) atoms. The maximum atomic E-state index is 12.5. The first-order chi connectivity index (χ1) is 11.6. The van der Waals surface area contributed by atoms with Gasteiger partial charge in [0.1, 0.15) is 0 Å². The van der Waals surface area contributed by atoms with Crippen molar-refractivity contribution >= 4 is 11.6 Å². The molecular formula is C20H28N2O2. The SMILES string of the molecule is C/C=C/C=C/C(=O)N(Cc1ccc(N(C)C)cc1)CC1CCCO1. The molecule has 4 nitrogen and oxygen atoms in total. The smallest absolute Gasteiger partial charge is 0.246 e. The maximum absolute atomic E-state index is 12.5. The Bertz CT molecular complexity index is 570. The summed E-state index contributed by atoms with van der Waals surface area (Å²) < 4.78 is 5.71. The van der Waals surface area contributed by atoms with Crippen molar-refractivity contribution in [3.63, 3.8) is 0 Å². The van der Waals surface area contributed by atoms with E-state index in [1.807, 2.05) is 38.1 Å². The quantitative estimate of drug-likeness (QED) is 0.568. The minimum Gasteiger partial charge on any atom is -0.378 e. The number of anilines is 1. The summed E-state index contributed by atoms with van der Waals surface area (Å²) in [6.45, 7) is 3.99. The minimum atomic E-state index is 0.0280. The molecule has 1 amide bonds. The first-order valence-electron chi connectivity index (χ1n) is 8.56. The number of carbonyl (C=O) groups excluding carboxylic acids is 1. The maximum Gasteiger partial charge on any atom is 0.246 e. The van der Waals surface area contributed by atoms with Crippen molar-refractivity contribution < 1.29 is 9.53 Å². The molecule has 1 aromatic carbocycles. The second-order valence-electron chi connectivity index (χ2n) is 6.30. The third kappa shape index (κ3) is 5.53. The zero-order valence-corrected chi connectivity index (χ0v) is 14.9. The Morgan fingerprint density at radius 2 is 2.00 bits per heavy atom. The molecule has 1 saturated heterocycles. The van der Waals surface area contributed by atoms with Crippen molar-refractivity contribution in [2.24, 2.45) is 0 Å². The van der Waals surface area contributed by atoms with Gasteiger partial charge in [0.05, 0.1) is 6.10 Å².